The van der Waals surface area contributed by atoms with Crippen LogP contribution in [0.25, 0.3) is 17.1 Å². The Morgan fingerprint density at radius 2 is 1.79 bits per heavy atom. The number of pyridine rings is 2. The molecule has 0 aliphatic heterocycles. The highest BCUT2D eigenvalue weighted by Gasteiger charge is 2.17. The lowest BCUT2D eigenvalue weighted by Crippen LogP contribution is -2.23. The number of carbonyl (C=O) groups is 1. The molecule has 0 radical (unpaired) electrons. The largest absolute Gasteiger partial charge is 0.345 e. The lowest BCUT2D eigenvalue weighted by molar-refractivity contribution is 0.0946. The van der Waals surface area contributed by atoms with Gasteiger partial charge in [0, 0.05) is 35.2 Å². The molecule has 0 spiro atoms. The van der Waals surface area contributed by atoms with Crippen molar-refractivity contribution in [2.24, 2.45) is 0 Å². The van der Waals surface area contributed by atoms with E-state index in [2.05, 4.69) is 30.5 Å². The van der Waals surface area contributed by atoms with Gasteiger partial charge >= 0.3 is 0 Å². The Balaban J connectivity index is 1.31. The van der Waals surface area contributed by atoms with E-state index in [-0.39, 0.29) is 5.91 Å². The summed E-state index contributed by atoms with van der Waals surface area (Å²) in [6.07, 6.45) is 5.18. The third-order valence-corrected chi connectivity index (χ3v) is 6.82. The van der Waals surface area contributed by atoms with Crippen LogP contribution in [0, 0.1) is 0 Å². The molecule has 168 valence electrons. The molecule has 0 aliphatic rings. The monoisotopic (exact) mass is 485 g/mol. The fourth-order valence-corrected chi connectivity index (χ4v) is 4.98. The van der Waals surface area contributed by atoms with E-state index in [1.165, 1.54) is 23.1 Å². The van der Waals surface area contributed by atoms with E-state index in [1.54, 1.807) is 24.0 Å². The highest BCUT2D eigenvalue weighted by Crippen LogP contribution is 2.30. The number of benzene rings is 1. The molecule has 10 heteroatoms. The molecule has 4 aromatic heterocycles. The Hall–Kier alpha value is -3.89. The summed E-state index contributed by atoms with van der Waals surface area (Å²) in [6, 6.07) is 19.4. The molecule has 34 heavy (non-hydrogen) atoms. The molecular weight excluding hydrogens is 466 g/mol. The first-order valence-electron chi connectivity index (χ1n) is 10.4. The SMILES string of the molecule is O=C(NCc1ccccn1)c1csc(CSc2nnc(-c3ccncc3)n2-c2ccccc2)n1. The van der Waals surface area contributed by atoms with Gasteiger partial charge in [0.1, 0.15) is 10.7 Å². The zero-order valence-electron chi connectivity index (χ0n) is 17.9. The van der Waals surface area contributed by atoms with Gasteiger partial charge < -0.3 is 5.32 Å². The van der Waals surface area contributed by atoms with Crippen LogP contribution in [0.4, 0.5) is 0 Å². The molecule has 5 rings (SSSR count). The molecule has 5 aromatic rings. The van der Waals surface area contributed by atoms with Crippen LogP contribution < -0.4 is 5.32 Å². The van der Waals surface area contributed by atoms with Crippen molar-refractivity contribution < 1.29 is 4.79 Å². The number of thioether (sulfide) groups is 1. The standard InChI is InChI=1S/C24H19N7OS2/c32-23(27-14-18-6-4-5-11-26-18)20-15-33-21(28-20)16-34-24-30-29-22(17-9-12-25-13-10-17)31(24)19-7-2-1-3-8-19/h1-13,15H,14,16H2,(H,27,32). The van der Waals surface area contributed by atoms with Crippen molar-refractivity contribution in [3.63, 3.8) is 0 Å². The summed E-state index contributed by atoms with van der Waals surface area (Å²) in [4.78, 5) is 25.3. The molecule has 1 aromatic carbocycles. The van der Waals surface area contributed by atoms with Crippen LogP contribution in [-0.2, 0) is 12.3 Å². The summed E-state index contributed by atoms with van der Waals surface area (Å²) < 4.78 is 2.02. The summed E-state index contributed by atoms with van der Waals surface area (Å²) in [7, 11) is 0. The Labute approximate surface area is 204 Å². The molecule has 0 fully saturated rings. The molecule has 0 saturated heterocycles. The van der Waals surface area contributed by atoms with Crippen molar-refractivity contribution in [1.29, 1.82) is 0 Å². The van der Waals surface area contributed by atoms with Crippen LogP contribution in [0.1, 0.15) is 21.2 Å². The topological polar surface area (TPSA) is 98.5 Å². The molecule has 0 bridgehead atoms. The van der Waals surface area contributed by atoms with Gasteiger partial charge in [-0.05, 0) is 36.4 Å². The van der Waals surface area contributed by atoms with Gasteiger partial charge in [0.15, 0.2) is 11.0 Å². The molecular formula is C24H19N7OS2. The fourth-order valence-electron chi connectivity index (χ4n) is 3.23. The highest BCUT2D eigenvalue weighted by atomic mass is 32.2. The molecule has 1 amide bonds. The fraction of sp³-hybridized carbons (Fsp3) is 0.0833. The van der Waals surface area contributed by atoms with Crippen molar-refractivity contribution in [2.45, 2.75) is 17.5 Å². The molecule has 4 heterocycles. The molecule has 8 nitrogen and oxygen atoms in total. The second kappa shape index (κ2) is 10.4. The highest BCUT2D eigenvalue weighted by molar-refractivity contribution is 7.98. The molecule has 0 atom stereocenters. The van der Waals surface area contributed by atoms with Gasteiger partial charge in [0.05, 0.1) is 18.0 Å². The van der Waals surface area contributed by atoms with Gasteiger partial charge in [-0.3, -0.25) is 19.3 Å². The number of carbonyl (C=O) groups excluding carboxylic acids is 1. The quantitative estimate of drug-likeness (QED) is 0.325. The summed E-state index contributed by atoms with van der Waals surface area (Å²) in [6.45, 7) is 0.360. The minimum Gasteiger partial charge on any atom is -0.345 e. The number of nitrogens with zero attached hydrogens (tertiary/aromatic N) is 6. The predicted octanol–water partition coefficient (Wildman–Crippen LogP) is 4.40. The van der Waals surface area contributed by atoms with E-state index in [0.29, 0.717) is 18.0 Å². The number of hydrogen-bond acceptors (Lipinski definition) is 8. The molecule has 0 unspecified atom stereocenters. The van der Waals surface area contributed by atoms with E-state index in [9.17, 15) is 4.79 Å². The number of aromatic nitrogens is 6. The van der Waals surface area contributed by atoms with Crippen LogP contribution in [0.2, 0.25) is 0 Å². The van der Waals surface area contributed by atoms with E-state index >= 15 is 0 Å². The van der Waals surface area contributed by atoms with Gasteiger partial charge in [-0.1, -0.05) is 36.0 Å². The van der Waals surface area contributed by atoms with Gasteiger partial charge in [0.25, 0.3) is 5.91 Å². The molecule has 0 aliphatic carbocycles. The van der Waals surface area contributed by atoms with Crippen LogP contribution >= 0.6 is 23.1 Å². The van der Waals surface area contributed by atoms with Crippen molar-refractivity contribution >= 4 is 29.0 Å². The maximum absolute atomic E-state index is 12.5. The Morgan fingerprint density at radius 3 is 2.59 bits per heavy atom. The maximum atomic E-state index is 12.5. The summed E-state index contributed by atoms with van der Waals surface area (Å²) in [5.74, 6) is 1.09. The number of para-hydroxylation sites is 1. The van der Waals surface area contributed by atoms with Crippen molar-refractivity contribution in [3.8, 4) is 17.1 Å². The Morgan fingerprint density at radius 1 is 0.971 bits per heavy atom. The van der Waals surface area contributed by atoms with Crippen LogP contribution in [0.5, 0.6) is 0 Å². The molecule has 1 N–H and O–H groups in total. The number of nitrogens with one attached hydrogen (secondary N) is 1. The minimum absolute atomic E-state index is 0.217. The lowest BCUT2D eigenvalue weighted by Gasteiger charge is -2.09. The van der Waals surface area contributed by atoms with Gasteiger partial charge in [0.2, 0.25) is 0 Å². The van der Waals surface area contributed by atoms with Gasteiger partial charge in [-0.2, -0.15) is 0 Å². The van der Waals surface area contributed by atoms with Gasteiger partial charge in [-0.25, -0.2) is 4.98 Å². The van der Waals surface area contributed by atoms with Crippen LogP contribution in [0.3, 0.4) is 0 Å². The first-order valence-corrected chi connectivity index (χ1v) is 12.3. The summed E-state index contributed by atoms with van der Waals surface area (Å²) >= 11 is 2.98. The smallest absolute Gasteiger partial charge is 0.271 e. The zero-order valence-corrected chi connectivity index (χ0v) is 19.5. The zero-order chi connectivity index (χ0) is 23.2. The third kappa shape index (κ3) is 5.03. The van der Waals surface area contributed by atoms with E-state index in [0.717, 1.165) is 32.9 Å². The first kappa shape index (κ1) is 21.9. The van der Waals surface area contributed by atoms with Crippen molar-refractivity contribution in [1.82, 2.24) is 35.0 Å². The van der Waals surface area contributed by atoms with E-state index in [4.69, 9.17) is 0 Å². The predicted molar refractivity (Wildman–Crippen MR) is 132 cm³/mol. The minimum atomic E-state index is -0.217. The number of hydrogen-bond donors (Lipinski definition) is 1. The van der Waals surface area contributed by atoms with E-state index in [1.807, 2.05) is 65.2 Å². The summed E-state index contributed by atoms with van der Waals surface area (Å²) in [5, 5.41) is 15.1. The maximum Gasteiger partial charge on any atom is 0.271 e. The van der Waals surface area contributed by atoms with Crippen LogP contribution in [0.15, 0.2) is 89.8 Å². The third-order valence-electron chi connectivity index (χ3n) is 4.85. The average Bonchev–Trinajstić information content (AvgIpc) is 3.55. The van der Waals surface area contributed by atoms with Gasteiger partial charge in [-0.15, -0.1) is 21.5 Å². The lowest BCUT2D eigenvalue weighted by atomic mass is 10.2. The first-order chi connectivity index (χ1) is 16.8. The second-order valence-corrected chi connectivity index (χ2v) is 9.02. The second-order valence-electron chi connectivity index (χ2n) is 7.13. The Kier molecular flexibility index (Phi) is 6.68. The normalized spacial score (nSPS) is 10.8. The molecule has 0 saturated carbocycles. The van der Waals surface area contributed by atoms with Crippen molar-refractivity contribution in [2.75, 3.05) is 0 Å². The van der Waals surface area contributed by atoms with Crippen molar-refractivity contribution in [3.05, 3.63) is 101 Å². The summed E-state index contributed by atoms with van der Waals surface area (Å²) in [5.41, 5.74) is 3.10. The number of thiazole rings is 1. The Bertz CT molecular complexity index is 1370. The van der Waals surface area contributed by atoms with E-state index < -0.39 is 0 Å². The van der Waals surface area contributed by atoms with Crippen LogP contribution in [-0.4, -0.2) is 35.6 Å². The number of amides is 1. The average molecular weight is 486 g/mol. The number of rotatable bonds is 8.